The number of piperazine rings is 1. The summed E-state index contributed by atoms with van der Waals surface area (Å²) in [4.78, 5) is 27.4. The van der Waals surface area contributed by atoms with Crippen LogP contribution in [0.2, 0.25) is 0 Å². The van der Waals surface area contributed by atoms with Gasteiger partial charge < -0.3 is 15.5 Å². The van der Waals surface area contributed by atoms with E-state index in [4.69, 9.17) is 0 Å². The van der Waals surface area contributed by atoms with Crippen molar-refractivity contribution in [3.63, 3.8) is 0 Å². The van der Waals surface area contributed by atoms with Crippen molar-refractivity contribution in [3.8, 4) is 0 Å². The molecule has 3 aromatic carbocycles. The highest BCUT2D eigenvalue weighted by molar-refractivity contribution is 7.89. The third kappa shape index (κ3) is 7.48. The second-order valence-corrected chi connectivity index (χ2v) is 12.2. The first-order valence-electron chi connectivity index (χ1n) is 13.5. The molecule has 42 heavy (non-hydrogen) atoms. The lowest BCUT2D eigenvalue weighted by Crippen LogP contribution is -2.62. The average molecular weight is 603 g/mol. The number of alkyl halides is 3. The molecule has 0 unspecified atom stereocenters. The molecule has 4 rings (SSSR count). The molecule has 1 fully saturated rings. The van der Waals surface area contributed by atoms with Crippen molar-refractivity contribution in [3.05, 3.63) is 101 Å². The summed E-state index contributed by atoms with van der Waals surface area (Å²) in [5, 5.41) is 5.55. The van der Waals surface area contributed by atoms with E-state index in [0.29, 0.717) is 18.1 Å². The van der Waals surface area contributed by atoms with Crippen LogP contribution in [0.3, 0.4) is 0 Å². The standard InChI is InChI=1S/C30H33F3N4O4S/c1-21(2)24-10-8-23(9-11-24)18-34-28(38)27-20-36(29(39)35-19-22-6-4-3-5-7-22)16-17-37(27)42(40,41)26-14-12-25(13-15-26)30(31,32)33/h3-15,21,27H,16-20H2,1-2H3,(H,34,38)(H,35,39)/t27-/m1/s1. The summed E-state index contributed by atoms with van der Waals surface area (Å²) in [6, 6.07) is 18.2. The maximum Gasteiger partial charge on any atom is 0.416 e. The van der Waals surface area contributed by atoms with Gasteiger partial charge in [-0.05, 0) is 46.9 Å². The van der Waals surface area contributed by atoms with Crippen molar-refractivity contribution in [2.45, 2.75) is 50.0 Å². The van der Waals surface area contributed by atoms with Crippen LogP contribution in [0.5, 0.6) is 0 Å². The number of benzene rings is 3. The minimum absolute atomic E-state index is 0.0130. The fraction of sp³-hybridized carbons (Fsp3) is 0.333. The van der Waals surface area contributed by atoms with Crippen LogP contribution in [-0.4, -0.2) is 55.2 Å². The van der Waals surface area contributed by atoms with Gasteiger partial charge in [0, 0.05) is 32.7 Å². The van der Waals surface area contributed by atoms with Crippen LogP contribution in [0.15, 0.2) is 83.8 Å². The zero-order chi connectivity index (χ0) is 30.5. The lowest BCUT2D eigenvalue weighted by atomic mass is 10.0. The first kappa shape index (κ1) is 31.0. The van der Waals surface area contributed by atoms with Gasteiger partial charge in [0.1, 0.15) is 6.04 Å². The number of hydrogen-bond donors (Lipinski definition) is 2. The molecule has 0 bridgehead atoms. The molecular weight excluding hydrogens is 569 g/mol. The molecule has 8 nitrogen and oxygen atoms in total. The molecule has 1 aliphatic heterocycles. The molecule has 0 saturated carbocycles. The van der Waals surface area contributed by atoms with Gasteiger partial charge in [0.25, 0.3) is 0 Å². The Balaban J connectivity index is 1.53. The summed E-state index contributed by atoms with van der Waals surface area (Å²) in [6.45, 7) is 4.03. The van der Waals surface area contributed by atoms with Crippen molar-refractivity contribution in [2.24, 2.45) is 0 Å². The van der Waals surface area contributed by atoms with Gasteiger partial charge in [0.05, 0.1) is 10.5 Å². The second kappa shape index (κ2) is 13.0. The highest BCUT2D eigenvalue weighted by Gasteiger charge is 2.41. The predicted molar refractivity (Wildman–Crippen MR) is 152 cm³/mol. The van der Waals surface area contributed by atoms with E-state index in [0.717, 1.165) is 33.1 Å². The smallest absolute Gasteiger partial charge is 0.351 e. The maximum atomic E-state index is 13.6. The molecule has 1 aliphatic rings. The normalized spacial score (nSPS) is 16.3. The molecule has 12 heteroatoms. The Morgan fingerprint density at radius 1 is 0.857 bits per heavy atom. The number of nitrogens with zero attached hydrogens (tertiary/aromatic N) is 2. The SMILES string of the molecule is CC(C)c1ccc(CNC(=O)[C@H]2CN(C(=O)NCc3ccccc3)CCN2S(=O)(=O)c2ccc(C(F)(F)F)cc2)cc1. The molecule has 0 aromatic heterocycles. The van der Waals surface area contributed by atoms with Crippen molar-refractivity contribution in [2.75, 3.05) is 19.6 Å². The molecule has 3 aromatic rings. The van der Waals surface area contributed by atoms with E-state index in [-0.39, 0.29) is 37.6 Å². The van der Waals surface area contributed by atoms with Crippen molar-refractivity contribution >= 4 is 22.0 Å². The van der Waals surface area contributed by atoms with Gasteiger partial charge in [-0.15, -0.1) is 0 Å². The van der Waals surface area contributed by atoms with Crippen molar-refractivity contribution < 1.29 is 31.2 Å². The highest BCUT2D eigenvalue weighted by Crippen LogP contribution is 2.31. The highest BCUT2D eigenvalue weighted by atomic mass is 32.2. The predicted octanol–water partition coefficient (Wildman–Crippen LogP) is 4.73. The molecule has 224 valence electrons. The van der Waals surface area contributed by atoms with Crippen LogP contribution in [0.4, 0.5) is 18.0 Å². The Kier molecular flexibility index (Phi) is 9.57. The third-order valence-corrected chi connectivity index (χ3v) is 9.03. The zero-order valence-electron chi connectivity index (χ0n) is 23.3. The monoisotopic (exact) mass is 602 g/mol. The molecule has 3 amide bonds. The number of carbonyl (C=O) groups excluding carboxylic acids is 2. The van der Waals surface area contributed by atoms with E-state index in [1.807, 2.05) is 54.6 Å². The van der Waals surface area contributed by atoms with E-state index < -0.39 is 39.7 Å². The molecule has 2 N–H and O–H groups in total. The van der Waals surface area contributed by atoms with Crippen LogP contribution in [0.1, 0.15) is 42.0 Å². The van der Waals surface area contributed by atoms with Gasteiger partial charge in [0.2, 0.25) is 15.9 Å². The number of carbonyl (C=O) groups is 2. The van der Waals surface area contributed by atoms with Gasteiger partial charge >= 0.3 is 12.2 Å². The Bertz CT molecular complexity index is 1480. The molecule has 0 radical (unpaired) electrons. The van der Waals surface area contributed by atoms with Gasteiger partial charge in [0.15, 0.2) is 0 Å². The largest absolute Gasteiger partial charge is 0.416 e. The first-order chi connectivity index (χ1) is 19.9. The van der Waals surface area contributed by atoms with Crippen LogP contribution < -0.4 is 10.6 Å². The summed E-state index contributed by atoms with van der Waals surface area (Å²) in [5.41, 5.74) is 1.81. The number of sulfonamides is 1. The summed E-state index contributed by atoms with van der Waals surface area (Å²) in [5.74, 6) is -0.294. The zero-order valence-corrected chi connectivity index (χ0v) is 24.1. The van der Waals surface area contributed by atoms with Gasteiger partial charge in [-0.3, -0.25) is 4.79 Å². The number of hydrogen-bond acceptors (Lipinski definition) is 4. The number of nitrogens with one attached hydrogen (secondary N) is 2. The van der Waals surface area contributed by atoms with E-state index in [2.05, 4.69) is 24.5 Å². The second-order valence-electron chi connectivity index (χ2n) is 10.4. The van der Waals surface area contributed by atoms with Gasteiger partial charge in [-0.2, -0.15) is 17.5 Å². The lowest BCUT2D eigenvalue weighted by molar-refractivity contribution is -0.137. The minimum Gasteiger partial charge on any atom is -0.351 e. The number of amides is 3. The number of halogens is 3. The molecule has 1 saturated heterocycles. The fourth-order valence-electron chi connectivity index (χ4n) is 4.62. The van der Waals surface area contributed by atoms with E-state index in [9.17, 15) is 31.2 Å². The Labute approximate surface area is 243 Å². The van der Waals surface area contributed by atoms with E-state index in [1.165, 1.54) is 4.90 Å². The Morgan fingerprint density at radius 3 is 2.05 bits per heavy atom. The fourth-order valence-corrected chi connectivity index (χ4v) is 6.19. The summed E-state index contributed by atoms with van der Waals surface area (Å²) < 4.78 is 67.3. The molecule has 1 heterocycles. The molecule has 0 spiro atoms. The van der Waals surface area contributed by atoms with E-state index in [1.54, 1.807) is 0 Å². The average Bonchev–Trinajstić information content (AvgIpc) is 2.98. The van der Waals surface area contributed by atoms with Crippen LogP contribution in [0, 0.1) is 0 Å². The molecular formula is C30H33F3N4O4S. The van der Waals surface area contributed by atoms with Crippen molar-refractivity contribution in [1.29, 1.82) is 0 Å². The molecule has 1 atom stereocenters. The third-order valence-electron chi connectivity index (χ3n) is 7.11. The van der Waals surface area contributed by atoms with Gasteiger partial charge in [-0.25, -0.2) is 13.2 Å². The molecule has 0 aliphatic carbocycles. The number of rotatable bonds is 8. The minimum atomic E-state index is -4.63. The topological polar surface area (TPSA) is 98.8 Å². The summed E-state index contributed by atoms with van der Waals surface area (Å²) in [7, 11) is -4.37. The van der Waals surface area contributed by atoms with Crippen LogP contribution >= 0.6 is 0 Å². The summed E-state index contributed by atoms with van der Waals surface area (Å²) in [6.07, 6.45) is -4.63. The number of urea groups is 1. The van der Waals surface area contributed by atoms with Gasteiger partial charge in [-0.1, -0.05) is 68.4 Å². The van der Waals surface area contributed by atoms with Crippen molar-refractivity contribution in [1.82, 2.24) is 19.8 Å². The van der Waals surface area contributed by atoms with E-state index >= 15 is 0 Å². The quantitative estimate of drug-likeness (QED) is 0.390. The first-order valence-corrected chi connectivity index (χ1v) is 14.9. The Morgan fingerprint density at radius 2 is 1.45 bits per heavy atom. The Hall–Kier alpha value is -3.90. The summed E-state index contributed by atoms with van der Waals surface area (Å²) >= 11 is 0. The van der Waals surface area contributed by atoms with Crippen LogP contribution in [0.25, 0.3) is 0 Å². The van der Waals surface area contributed by atoms with Crippen LogP contribution in [-0.2, 0) is 34.1 Å². The lowest BCUT2D eigenvalue weighted by Gasteiger charge is -2.39. The maximum absolute atomic E-state index is 13.6.